The van der Waals surface area contributed by atoms with Crippen LogP contribution in [0.3, 0.4) is 0 Å². The maximum Gasteiger partial charge on any atom is 0.0898 e. The fraction of sp³-hybridized carbons (Fsp3) is 1.00. The molecule has 2 N–H and O–H groups in total. The van der Waals surface area contributed by atoms with Crippen LogP contribution in [-0.2, 0) is 4.74 Å². The highest BCUT2D eigenvalue weighted by Gasteiger charge is 2.17. The Morgan fingerprint density at radius 2 is 1.73 bits per heavy atom. The molecule has 1 atom stereocenters. The zero-order valence-corrected chi connectivity index (χ0v) is 11.1. The molecule has 92 valence electrons. The summed E-state index contributed by atoms with van der Waals surface area (Å²) in [5, 5.41) is 13.0. The first-order valence-corrected chi connectivity index (χ1v) is 5.73. The number of ether oxygens (including phenoxy) is 1. The second kappa shape index (κ2) is 5.83. The van der Waals surface area contributed by atoms with Gasteiger partial charge < -0.3 is 15.2 Å². The maximum absolute atomic E-state index is 9.68. The van der Waals surface area contributed by atoms with Gasteiger partial charge in [0.15, 0.2) is 0 Å². The lowest BCUT2D eigenvalue weighted by Gasteiger charge is -2.27. The van der Waals surface area contributed by atoms with Gasteiger partial charge in [0, 0.05) is 12.1 Å². The van der Waals surface area contributed by atoms with Crippen LogP contribution in [0.25, 0.3) is 0 Å². The molecule has 0 saturated heterocycles. The Morgan fingerprint density at radius 3 is 2.13 bits per heavy atom. The van der Waals surface area contributed by atoms with E-state index in [-0.39, 0.29) is 11.1 Å². The van der Waals surface area contributed by atoms with E-state index in [1.54, 1.807) is 0 Å². The number of hydrogen-bond donors (Lipinski definition) is 2. The maximum atomic E-state index is 9.68. The molecular weight excluding hydrogens is 190 g/mol. The lowest BCUT2D eigenvalue weighted by Crippen LogP contribution is -2.44. The molecule has 0 spiro atoms. The van der Waals surface area contributed by atoms with Crippen LogP contribution in [0.4, 0.5) is 0 Å². The summed E-state index contributed by atoms with van der Waals surface area (Å²) >= 11 is 0. The van der Waals surface area contributed by atoms with E-state index < -0.39 is 6.10 Å². The Labute approximate surface area is 94.2 Å². The van der Waals surface area contributed by atoms with Gasteiger partial charge in [-0.3, -0.25) is 0 Å². The van der Waals surface area contributed by atoms with Gasteiger partial charge in [0.1, 0.15) is 0 Å². The number of nitrogens with one attached hydrogen (secondary N) is 1. The molecule has 0 aliphatic heterocycles. The summed E-state index contributed by atoms with van der Waals surface area (Å²) in [5.41, 5.74) is -0.0933. The Morgan fingerprint density at radius 1 is 1.20 bits per heavy atom. The molecule has 0 heterocycles. The van der Waals surface area contributed by atoms with E-state index in [4.69, 9.17) is 4.74 Å². The van der Waals surface area contributed by atoms with E-state index in [2.05, 4.69) is 26.1 Å². The highest BCUT2D eigenvalue weighted by molar-refractivity contribution is 4.77. The topological polar surface area (TPSA) is 41.5 Å². The highest BCUT2D eigenvalue weighted by atomic mass is 16.5. The van der Waals surface area contributed by atoms with Gasteiger partial charge in [-0.05, 0) is 41.0 Å². The van der Waals surface area contributed by atoms with E-state index >= 15 is 0 Å². The number of rotatable bonds is 6. The van der Waals surface area contributed by atoms with Crippen molar-refractivity contribution in [3.05, 3.63) is 0 Å². The van der Waals surface area contributed by atoms with Gasteiger partial charge >= 0.3 is 0 Å². The minimum absolute atomic E-state index is 0.0860. The van der Waals surface area contributed by atoms with Gasteiger partial charge in [0.25, 0.3) is 0 Å². The third-order valence-corrected chi connectivity index (χ3v) is 2.41. The minimum Gasteiger partial charge on any atom is -0.389 e. The SMILES string of the molecule is CCC(C)(C)NCC(O)COC(C)(C)C. The molecule has 0 aliphatic carbocycles. The number of aliphatic hydroxyl groups excluding tert-OH is 1. The van der Waals surface area contributed by atoms with Crippen molar-refractivity contribution in [1.29, 1.82) is 0 Å². The van der Waals surface area contributed by atoms with Crippen molar-refractivity contribution in [2.75, 3.05) is 13.2 Å². The highest BCUT2D eigenvalue weighted by Crippen LogP contribution is 2.09. The van der Waals surface area contributed by atoms with Crippen LogP contribution in [0.2, 0.25) is 0 Å². The van der Waals surface area contributed by atoms with Crippen molar-refractivity contribution in [2.45, 2.75) is 65.2 Å². The molecule has 0 aromatic carbocycles. The van der Waals surface area contributed by atoms with E-state index in [9.17, 15) is 5.11 Å². The number of hydrogen-bond acceptors (Lipinski definition) is 3. The molecule has 0 radical (unpaired) electrons. The second-order valence-corrected chi connectivity index (χ2v) is 5.70. The van der Waals surface area contributed by atoms with Crippen molar-refractivity contribution in [1.82, 2.24) is 5.32 Å². The van der Waals surface area contributed by atoms with Crippen LogP contribution in [0.15, 0.2) is 0 Å². The predicted molar refractivity (Wildman–Crippen MR) is 64.1 cm³/mol. The lowest BCUT2D eigenvalue weighted by molar-refractivity contribution is -0.0491. The summed E-state index contributed by atoms with van der Waals surface area (Å²) < 4.78 is 5.50. The van der Waals surface area contributed by atoms with E-state index in [1.807, 2.05) is 20.8 Å². The first-order chi connectivity index (χ1) is 6.66. The minimum atomic E-state index is -0.435. The van der Waals surface area contributed by atoms with Crippen molar-refractivity contribution in [2.24, 2.45) is 0 Å². The van der Waals surface area contributed by atoms with Gasteiger partial charge in [-0.25, -0.2) is 0 Å². The van der Waals surface area contributed by atoms with Crippen LogP contribution in [0, 0.1) is 0 Å². The summed E-state index contributed by atoms with van der Waals surface area (Å²) in [5.74, 6) is 0. The molecule has 3 heteroatoms. The Kier molecular flexibility index (Phi) is 5.78. The molecule has 0 aromatic heterocycles. The second-order valence-electron chi connectivity index (χ2n) is 5.70. The predicted octanol–water partition coefficient (Wildman–Crippen LogP) is 1.94. The van der Waals surface area contributed by atoms with E-state index in [0.29, 0.717) is 13.2 Å². The molecule has 0 bridgehead atoms. The zero-order chi connectivity index (χ0) is 12.1. The fourth-order valence-corrected chi connectivity index (χ4v) is 0.924. The third kappa shape index (κ3) is 8.85. The normalized spacial score (nSPS) is 15.4. The smallest absolute Gasteiger partial charge is 0.0898 e. The molecular formula is C12H27NO2. The molecule has 0 fully saturated rings. The van der Waals surface area contributed by atoms with Gasteiger partial charge in [0.2, 0.25) is 0 Å². The van der Waals surface area contributed by atoms with Crippen LogP contribution in [0.1, 0.15) is 48.0 Å². The number of aliphatic hydroxyl groups is 1. The Hall–Kier alpha value is -0.120. The number of β-amino-alcohol motifs (C(OH)–C–C–N with tert-alkyl or cyclic N) is 1. The molecule has 1 unspecified atom stereocenters. The molecule has 3 nitrogen and oxygen atoms in total. The Balaban J connectivity index is 3.71. The molecule has 0 amide bonds. The Bertz CT molecular complexity index is 173. The van der Waals surface area contributed by atoms with Crippen molar-refractivity contribution >= 4 is 0 Å². The molecule has 0 rings (SSSR count). The van der Waals surface area contributed by atoms with Gasteiger partial charge in [-0.1, -0.05) is 6.92 Å². The molecule has 0 aromatic rings. The van der Waals surface area contributed by atoms with E-state index in [0.717, 1.165) is 6.42 Å². The largest absolute Gasteiger partial charge is 0.389 e. The first kappa shape index (κ1) is 14.9. The lowest BCUT2D eigenvalue weighted by atomic mass is 10.0. The fourth-order valence-electron chi connectivity index (χ4n) is 0.924. The van der Waals surface area contributed by atoms with Gasteiger partial charge in [-0.2, -0.15) is 0 Å². The van der Waals surface area contributed by atoms with Crippen molar-refractivity contribution in [3.63, 3.8) is 0 Å². The summed E-state index contributed by atoms with van der Waals surface area (Å²) in [7, 11) is 0. The van der Waals surface area contributed by atoms with Crippen LogP contribution in [0.5, 0.6) is 0 Å². The van der Waals surface area contributed by atoms with E-state index in [1.165, 1.54) is 0 Å². The molecule has 0 aliphatic rings. The van der Waals surface area contributed by atoms with Crippen LogP contribution < -0.4 is 5.32 Å². The van der Waals surface area contributed by atoms with Crippen molar-refractivity contribution < 1.29 is 9.84 Å². The van der Waals surface area contributed by atoms with Crippen LogP contribution >= 0.6 is 0 Å². The van der Waals surface area contributed by atoms with Gasteiger partial charge in [0.05, 0.1) is 18.3 Å². The zero-order valence-electron chi connectivity index (χ0n) is 11.1. The first-order valence-electron chi connectivity index (χ1n) is 5.73. The average molecular weight is 217 g/mol. The quantitative estimate of drug-likeness (QED) is 0.714. The monoisotopic (exact) mass is 217 g/mol. The molecule has 0 saturated carbocycles. The molecule has 15 heavy (non-hydrogen) atoms. The van der Waals surface area contributed by atoms with Crippen LogP contribution in [-0.4, -0.2) is 35.5 Å². The summed E-state index contributed by atoms with van der Waals surface area (Å²) in [6.45, 7) is 13.3. The third-order valence-electron chi connectivity index (χ3n) is 2.41. The standard InChI is InChI=1S/C12H27NO2/c1-7-12(5,6)13-8-10(14)9-15-11(2,3)4/h10,13-14H,7-9H2,1-6H3. The average Bonchev–Trinajstić information content (AvgIpc) is 2.10. The van der Waals surface area contributed by atoms with Gasteiger partial charge in [-0.15, -0.1) is 0 Å². The summed E-state index contributed by atoms with van der Waals surface area (Å²) in [6.07, 6.45) is 0.606. The summed E-state index contributed by atoms with van der Waals surface area (Å²) in [4.78, 5) is 0. The summed E-state index contributed by atoms with van der Waals surface area (Å²) in [6, 6.07) is 0. The van der Waals surface area contributed by atoms with Crippen molar-refractivity contribution in [3.8, 4) is 0 Å².